The number of carbonyl (C=O) groups excluding carboxylic acids is 1. The molecule has 0 bridgehead atoms. The maximum atomic E-state index is 9.76. The quantitative estimate of drug-likeness (QED) is 0.403. The van der Waals surface area contributed by atoms with Crippen molar-refractivity contribution in [3.63, 3.8) is 0 Å². The molecule has 0 aromatic rings. The molecule has 0 unspecified atom stereocenters. The van der Waals surface area contributed by atoms with Crippen LogP contribution in [-0.4, -0.2) is 5.24 Å². The molecule has 38 valence electrons. The molecule has 0 fully saturated rings. The van der Waals surface area contributed by atoms with E-state index < -0.39 is 5.24 Å². The molecule has 0 aliphatic rings. The summed E-state index contributed by atoms with van der Waals surface area (Å²) in [5.74, 6) is 0. The predicted molar refractivity (Wildman–Crippen MR) is 27.0 cm³/mol. The minimum absolute atomic E-state index is 0.0490. The summed E-state index contributed by atoms with van der Waals surface area (Å²) in [4.78, 5) is 9.76. The topological polar surface area (TPSA) is 34.1 Å². The van der Waals surface area contributed by atoms with Gasteiger partial charge in [0.25, 0.3) is 0 Å². The molecule has 0 N–H and O–H groups in total. The Hall–Kier alpha value is -0.0300. The first-order chi connectivity index (χ1) is 3.27. The van der Waals surface area contributed by atoms with Crippen LogP contribution in [0.5, 0.6) is 0 Å². The second-order valence-electron chi connectivity index (χ2n) is 0.781. The molecule has 0 aromatic carbocycles. The van der Waals surface area contributed by atoms with Crippen LogP contribution >= 0.6 is 19.5 Å². The van der Waals surface area contributed by atoms with Crippen molar-refractivity contribution in [1.82, 2.24) is 0 Å². The van der Waals surface area contributed by atoms with Crippen molar-refractivity contribution in [2.24, 2.45) is 0 Å². The summed E-state index contributed by atoms with van der Waals surface area (Å²) in [6, 6.07) is 0. The Kier molecular flexibility index (Phi) is 4.12. The van der Waals surface area contributed by atoms with Crippen LogP contribution in [0.3, 0.4) is 0 Å². The van der Waals surface area contributed by atoms with Gasteiger partial charge in [-0.2, -0.15) is 0 Å². The van der Waals surface area contributed by atoms with Gasteiger partial charge in [0.1, 0.15) is 0 Å². The van der Waals surface area contributed by atoms with Crippen LogP contribution in [-0.2, 0) is 9.36 Å². The molecular weight excluding hydrogens is 134 g/mol. The molecule has 2 nitrogen and oxygen atoms in total. The van der Waals surface area contributed by atoms with E-state index in [4.69, 9.17) is 11.6 Å². The number of rotatable bonds is 1. The molecule has 0 spiro atoms. The fourth-order valence-electron chi connectivity index (χ4n) is 0.0944. The van der Waals surface area contributed by atoms with Gasteiger partial charge in [-0.3, -0.25) is 0 Å². The third-order valence-corrected chi connectivity index (χ3v) is 0.703. The van der Waals surface area contributed by atoms with E-state index >= 15 is 0 Å². The summed E-state index contributed by atoms with van der Waals surface area (Å²) in [5.41, 5.74) is 2.18. The van der Waals surface area contributed by atoms with E-state index in [-0.39, 0.29) is 14.3 Å². The molecule has 7 heavy (non-hydrogen) atoms. The Labute approximate surface area is 47.0 Å². The zero-order valence-electron chi connectivity index (χ0n) is 3.35. The third-order valence-electron chi connectivity index (χ3n) is 0.283. The van der Waals surface area contributed by atoms with Crippen molar-refractivity contribution in [2.45, 2.75) is 6.42 Å². The summed E-state index contributed by atoms with van der Waals surface area (Å²) >= 11 is 4.81. The zero-order chi connectivity index (χ0) is 5.70. The van der Waals surface area contributed by atoms with Crippen molar-refractivity contribution in [3.8, 4) is 5.63 Å². The fourth-order valence-corrected chi connectivity index (χ4v) is 0.463. The second kappa shape index (κ2) is 4.14. The number of hydrogen-bond acceptors (Lipinski definition) is 2. The van der Waals surface area contributed by atoms with Crippen molar-refractivity contribution < 1.29 is 9.36 Å². The van der Waals surface area contributed by atoms with Gasteiger partial charge in [-0.1, -0.05) is 0 Å². The number of halogens is 1. The van der Waals surface area contributed by atoms with E-state index in [1.54, 1.807) is 0 Å². The van der Waals surface area contributed by atoms with Gasteiger partial charge in [0, 0.05) is 0 Å². The molecule has 0 amide bonds. The van der Waals surface area contributed by atoms with Crippen LogP contribution in [0.2, 0.25) is 0 Å². The van der Waals surface area contributed by atoms with Crippen molar-refractivity contribution in [2.75, 3.05) is 0 Å². The Bertz CT molecular complexity index is 157. The molecule has 0 aliphatic heterocycles. The van der Waals surface area contributed by atoms with E-state index in [0.29, 0.717) is 0 Å². The Morgan fingerprint density at radius 1 is 1.86 bits per heavy atom. The van der Waals surface area contributed by atoms with Crippen LogP contribution in [0.4, 0.5) is 0 Å². The Morgan fingerprint density at radius 3 is 2.57 bits per heavy atom. The van der Waals surface area contributed by atoms with Gasteiger partial charge in [-0.25, -0.2) is 0 Å². The Balaban J connectivity index is 3.47. The fraction of sp³-hybridized carbons (Fsp3) is 0.333. The van der Waals surface area contributed by atoms with Gasteiger partial charge in [-0.05, 0) is 0 Å². The average Bonchev–Trinajstić information content (AvgIpc) is 1.61. The van der Waals surface area contributed by atoms with E-state index in [2.05, 4.69) is 5.63 Å². The first kappa shape index (κ1) is 6.97. The summed E-state index contributed by atoms with van der Waals surface area (Å²) in [5, 5.41) is -0.539. The molecule has 0 saturated carbocycles. The van der Waals surface area contributed by atoms with Crippen LogP contribution in [0.15, 0.2) is 0 Å². The average molecular weight is 136 g/mol. The summed E-state index contributed by atoms with van der Waals surface area (Å²) in [7, 11) is -0.265. The number of hydrogen-bond donors (Lipinski definition) is 0. The van der Waals surface area contributed by atoms with Gasteiger partial charge in [0.05, 0.1) is 0 Å². The molecule has 0 radical (unpaired) electrons. The second-order valence-corrected chi connectivity index (χ2v) is 1.70. The van der Waals surface area contributed by atoms with Crippen LogP contribution in [0.25, 0.3) is 0 Å². The number of carbonyl (C=O) groups is 1. The van der Waals surface area contributed by atoms with Gasteiger partial charge in [-0.15, -0.1) is 0 Å². The molecule has 4 heteroatoms. The first-order valence-corrected chi connectivity index (χ1v) is 2.70. The van der Waals surface area contributed by atoms with Gasteiger partial charge < -0.3 is 0 Å². The van der Waals surface area contributed by atoms with Gasteiger partial charge >= 0.3 is 46.2 Å². The molecule has 0 saturated heterocycles. The molecule has 0 heterocycles. The monoisotopic (exact) mass is 136 g/mol. The predicted octanol–water partition coefficient (Wildman–Crippen LogP) is 1.39. The van der Waals surface area contributed by atoms with Crippen LogP contribution < -0.4 is 0 Å². The zero-order valence-corrected chi connectivity index (χ0v) is 5.00. The maximum absolute atomic E-state index is 9.76. The first-order valence-electron chi connectivity index (χ1n) is 1.51. The SMILES string of the molecule is O=P#CCC(=O)Cl. The van der Waals surface area contributed by atoms with E-state index in [1.165, 1.54) is 0 Å². The van der Waals surface area contributed by atoms with E-state index in [1.807, 2.05) is 0 Å². The summed E-state index contributed by atoms with van der Waals surface area (Å²) < 4.78 is 9.48. The van der Waals surface area contributed by atoms with E-state index in [0.717, 1.165) is 0 Å². The van der Waals surface area contributed by atoms with Crippen LogP contribution in [0, 0.1) is 5.63 Å². The summed E-state index contributed by atoms with van der Waals surface area (Å²) in [6.07, 6.45) is -0.0490. The summed E-state index contributed by atoms with van der Waals surface area (Å²) in [6.45, 7) is 0. The van der Waals surface area contributed by atoms with Gasteiger partial charge in [0.2, 0.25) is 0 Å². The van der Waals surface area contributed by atoms with Crippen molar-refractivity contribution in [3.05, 3.63) is 0 Å². The standard InChI is InChI=1S/C3H2ClO2P/c4-3(5)1-2-7-6/h1H2. The Morgan fingerprint density at radius 2 is 2.43 bits per heavy atom. The minimum atomic E-state index is -0.539. The normalized spacial score (nSPS) is 7.00. The molecule has 0 atom stereocenters. The molecule has 0 aromatic heterocycles. The third kappa shape index (κ3) is 5.97. The van der Waals surface area contributed by atoms with Crippen molar-refractivity contribution in [1.29, 1.82) is 0 Å². The van der Waals surface area contributed by atoms with Crippen LogP contribution in [0.1, 0.15) is 6.42 Å². The van der Waals surface area contributed by atoms with Crippen molar-refractivity contribution >= 4 is 24.8 Å². The molecular formula is C3H2ClO2P. The molecule has 0 aliphatic carbocycles. The van der Waals surface area contributed by atoms with Gasteiger partial charge in [0.15, 0.2) is 0 Å². The molecule has 0 rings (SSSR count). The van der Waals surface area contributed by atoms with E-state index in [9.17, 15) is 9.36 Å².